The van der Waals surface area contributed by atoms with E-state index in [1.54, 1.807) is 6.92 Å². The molecule has 1 aromatic rings. The Hall–Kier alpha value is -2.86. The third-order valence-corrected chi connectivity index (χ3v) is 7.45. The fourth-order valence-corrected chi connectivity index (χ4v) is 4.98. The van der Waals surface area contributed by atoms with Crippen LogP contribution in [0.1, 0.15) is 53.0 Å². The van der Waals surface area contributed by atoms with Gasteiger partial charge in [0.15, 0.2) is 12.3 Å². The summed E-state index contributed by atoms with van der Waals surface area (Å²) in [7, 11) is 0. The maximum atomic E-state index is 13.6. The number of epoxide rings is 1. The van der Waals surface area contributed by atoms with Crippen molar-refractivity contribution in [1.29, 1.82) is 0 Å². The van der Waals surface area contributed by atoms with Crippen molar-refractivity contribution >= 4 is 23.5 Å². The van der Waals surface area contributed by atoms with Crippen molar-refractivity contribution in [3.63, 3.8) is 0 Å². The Morgan fingerprint density at radius 1 is 0.878 bits per heavy atom. The zero-order chi connectivity index (χ0) is 30.2. The monoisotopic (exact) mass is 575 g/mol. The number of carbonyl (C=O) groups excluding carboxylic acids is 4. The van der Waals surface area contributed by atoms with Gasteiger partial charge in [-0.05, 0) is 37.2 Å². The molecule has 0 spiro atoms. The first kappa shape index (κ1) is 32.7. The van der Waals surface area contributed by atoms with E-state index in [4.69, 9.17) is 9.47 Å². The van der Waals surface area contributed by atoms with Crippen LogP contribution < -0.4 is 16.0 Å². The molecule has 0 bridgehead atoms. The summed E-state index contributed by atoms with van der Waals surface area (Å²) in [6, 6.07) is 6.64. The number of quaternary nitrogens is 1. The van der Waals surface area contributed by atoms with Crippen LogP contribution in [0.4, 0.5) is 0 Å². The number of ether oxygens (including phenoxy) is 2. The topological polar surface area (TPSA) is 146 Å². The summed E-state index contributed by atoms with van der Waals surface area (Å²) >= 11 is 0. The van der Waals surface area contributed by atoms with E-state index < -0.39 is 46.1 Å². The normalized spacial score (nSPS) is 22.0. The van der Waals surface area contributed by atoms with Crippen LogP contribution in [0.2, 0.25) is 0 Å². The summed E-state index contributed by atoms with van der Waals surface area (Å²) in [6.45, 7) is 10.9. The molecule has 0 unspecified atom stereocenters. The number of hydrogen-bond donors (Lipinski definition) is 4. The molecule has 0 aromatic heterocycles. The molecule has 1 aromatic carbocycles. The van der Waals surface area contributed by atoms with Crippen molar-refractivity contribution in [2.45, 2.75) is 77.6 Å². The third kappa shape index (κ3) is 10.2. The van der Waals surface area contributed by atoms with Crippen LogP contribution in [0.15, 0.2) is 30.3 Å². The second kappa shape index (κ2) is 14.4. The predicted molar refractivity (Wildman–Crippen MR) is 152 cm³/mol. The van der Waals surface area contributed by atoms with Gasteiger partial charge in [0.25, 0.3) is 5.91 Å². The fourth-order valence-electron chi connectivity index (χ4n) is 4.98. The van der Waals surface area contributed by atoms with Crippen molar-refractivity contribution in [3.05, 3.63) is 35.9 Å². The Morgan fingerprint density at radius 3 is 1.98 bits per heavy atom. The molecule has 2 aliphatic rings. The minimum Gasteiger partial charge on any atom is -0.370 e. The molecular weight excluding hydrogens is 528 g/mol. The molecule has 3 rings (SSSR count). The Kier molecular flexibility index (Phi) is 11.4. The minimum absolute atomic E-state index is 0.0698. The standard InChI is InChI=1S/C30H46N4O7/c1-20(2)15-23(27(36)30(5)19-41-30)32-29(38)25(17-22-9-7-6-8-10-22)33-28(37)24(16-21(3)4)31-26(35)18-34(39)11-13-40-14-12-34/h6-10,20-21,23-25,39H,11-19H2,1-5H3,(H2-,31,32,33,35,37,38)/p+1/t23-,24-,25-,30+/m0/s1. The maximum absolute atomic E-state index is 13.6. The summed E-state index contributed by atoms with van der Waals surface area (Å²) in [4.78, 5) is 53.3. The van der Waals surface area contributed by atoms with E-state index in [9.17, 15) is 24.4 Å². The van der Waals surface area contributed by atoms with Gasteiger partial charge in [0.2, 0.25) is 11.8 Å². The number of rotatable bonds is 15. The lowest BCUT2D eigenvalue weighted by Gasteiger charge is -2.33. The average Bonchev–Trinajstić information content (AvgIpc) is 3.65. The number of hydroxylamine groups is 3. The van der Waals surface area contributed by atoms with Gasteiger partial charge < -0.3 is 25.4 Å². The van der Waals surface area contributed by atoms with E-state index in [2.05, 4.69) is 16.0 Å². The number of nitrogens with one attached hydrogen (secondary N) is 3. The van der Waals surface area contributed by atoms with E-state index >= 15 is 0 Å². The molecule has 0 radical (unpaired) electrons. The van der Waals surface area contributed by atoms with Crippen LogP contribution in [0.3, 0.4) is 0 Å². The molecule has 4 atom stereocenters. The highest BCUT2D eigenvalue weighted by Crippen LogP contribution is 2.29. The van der Waals surface area contributed by atoms with Gasteiger partial charge in [0.1, 0.15) is 30.8 Å². The van der Waals surface area contributed by atoms with E-state index in [1.165, 1.54) is 0 Å². The SMILES string of the molecule is CC(C)C[C@H](NC(=O)C[N+]1(O)CCOCC1)C(=O)N[C@@H](Cc1ccccc1)C(=O)N[C@@H](CC(C)C)C(=O)[C@@]1(C)CO1. The zero-order valence-electron chi connectivity index (χ0n) is 25.0. The number of nitrogens with zero attached hydrogens (tertiary/aromatic N) is 1. The van der Waals surface area contributed by atoms with Crippen LogP contribution >= 0.6 is 0 Å². The molecule has 2 aliphatic heterocycles. The minimum atomic E-state index is -0.984. The predicted octanol–water partition coefficient (Wildman–Crippen LogP) is 1.37. The summed E-state index contributed by atoms with van der Waals surface area (Å²) in [5.41, 5.74) is -0.0642. The number of amides is 3. The third-order valence-electron chi connectivity index (χ3n) is 7.45. The molecule has 0 aliphatic carbocycles. The van der Waals surface area contributed by atoms with Crippen LogP contribution in [-0.4, -0.2) is 96.5 Å². The van der Waals surface area contributed by atoms with Crippen molar-refractivity contribution in [1.82, 2.24) is 16.0 Å². The quantitative estimate of drug-likeness (QED) is 0.183. The van der Waals surface area contributed by atoms with Crippen molar-refractivity contribution in [3.8, 4) is 0 Å². The van der Waals surface area contributed by atoms with Crippen molar-refractivity contribution in [2.24, 2.45) is 11.8 Å². The number of carbonyl (C=O) groups is 4. The van der Waals surface area contributed by atoms with Crippen molar-refractivity contribution < 1.29 is 38.5 Å². The van der Waals surface area contributed by atoms with Gasteiger partial charge in [-0.25, -0.2) is 5.21 Å². The van der Waals surface area contributed by atoms with Crippen LogP contribution in [0, 0.1) is 11.8 Å². The smallest absolute Gasteiger partial charge is 0.278 e. The van der Waals surface area contributed by atoms with E-state index in [0.717, 1.165) is 5.56 Å². The Labute approximate surface area is 242 Å². The number of Topliss-reactive ketones (excluding diaryl/α,β-unsaturated/α-hetero) is 1. The van der Waals surface area contributed by atoms with Crippen molar-refractivity contribution in [2.75, 3.05) is 39.5 Å². The molecule has 2 heterocycles. The van der Waals surface area contributed by atoms with Gasteiger partial charge in [-0.2, -0.15) is 4.65 Å². The van der Waals surface area contributed by atoms with Gasteiger partial charge in [-0.3, -0.25) is 19.2 Å². The summed E-state index contributed by atoms with van der Waals surface area (Å²) in [5.74, 6) is -1.41. The van der Waals surface area contributed by atoms with Crippen LogP contribution in [0.5, 0.6) is 0 Å². The van der Waals surface area contributed by atoms with Crippen LogP contribution in [0.25, 0.3) is 0 Å². The highest BCUT2D eigenvalue weighted by Gasteiger charge is 2.50. The fraction of sp³-hybridized carbons (Fsp3) is 0.667. The zero-order valence-corrected chi connectivity index (χ0v) is 25.0. The molecular formula is C30H47N4O7+. The first-order chi connectivity index (χ1) is 19.3. The number of morpholine rings is 1. The molecule has 2 fully saturated rings. The summed E-state index contributed by atoms with van der Waals surface area (Å²) in [5, 5.41) is 19.2. The average molecular weight is 576 g/mol. The summed E-state index contributed by atoms with van der Waals surface area (Å²) in [6.07, 6.45) is 0.984. The highest BCUT2D eigenvalue weighted by atomic mass is 16.6. The number of ketones is 1. The Balaban J connectivity index is 1.76. The molecule has 2 saturated heterocycles. The molecule has 0 saturated carbocycles. The first-order valence-electron chi connectivity index (χ1n) is 14.6. The van der Waals surface area contributed by atoms with Gasteiger partial charge in [-0.15, -0.1) is 0 Å². The van der Waals surface area contributed by atoms with Gasteiger partial charge >= 0.3 is 0 Å². The van der Waals surface area contributed by atoms with Crippen LogP contribution in [-0.2, 0) is 35.1 Å². The molecule has 228 valence electrons. The first-order valence-corrected chi connectivity index (χ1v) is 14.6. The number of hydrogen-bond acceptors (Lipinski definition) is 7. The molecule has 11 heteroatoms. The van der Waals surface area contributed by atoms with Gasteiger partial charge in [0, 0.05) is 6.42 Å². The molecule has 41 heavy (non-hydrogen) atoms. The van der Waals surface area contributed by atoms with Gasteiger partial charge in [-0.1, -0.05) is 58.0 Å². The summed E-state index contributed by atoms with van der Waals surface area (Å²) < 4.78 is 10.2. The Bertz CT molecular complexity index is 1050. The number of benzene rings is 1. The van der Waals surface area contributed by atoms with E-state index in [1.807, 2.05) is 58.0 Å². The second-order valence-corrected chi connectivity index (χ2v) is 12.4. The molecule has 4 N–H and O–H groups in total. The molecule has 11 nitrogen and oxygen atoms in total. The lowest BCUT2D eigenvalue weighted by molar-refractivity contribution is -1.10. The van der Waals surface area contributed by atoms with E-state index in [0.29, 0.717) is 32.7 Å². The largest absolute Gasteiger partial charge is 0.370 e. The van der Waals surface area contributed by atoms with Gasteiger partial charge in [0.05, 0.1) is 25.9 Å². The maximum Gasteiger partial charge on any atom is 0.278 e. The lowest BCUT2D eigenvalue weighted by atomic mass is 9.93. The van der Waals surface area contributed by atoms with E-state index in [-0.39, 0.29) is 43.7 Å². The highest BCUT2D eigenvalue weighted by molar-refractivity contribution is 5.98. The lowest BCUT2D eigenvalue weighted by Crippen LogP contribution is -2.60. The Morgan fingerprint density at radius 2 is 1.41 bits per heavy atom. The second-order valence-electron chi connectivity index (χ2n) is 12.4. The molecule has 3 amide bonds.